The molecule has 1 N–H and O–H groups in total. The predicted octanol–water partition coefficient (Wildman–Crippen LogP) is 4.61. The summed E-state index contributed by atoms with van der Waals surface area (Å²) < 4.78 is 10.7. The Bertz CT molecular complexity index is 1090. The van der Waals surface area contributed by atoms with Crippen molar-refractivity contribution in [1.82, 2.24) is 20.4 Å². The third kappa shape index (κ3) is 6.69. The summed E-state index contributed by atoms with van der Waals surface area (Å²) in [6.07, 6.45) is 2.49. The highest BCUT2D eigenvalue weighted by atomic mass is 16.5. The lowest BCUT2D eigenvalue weighted by Crippen LogP contribution is -2.40. The van der Waals surface area contributed by atoms with Crippen LogP contribution in [0, 0.1) is 5.92 Å². The number of amides is 1. The Balaban J connectivity index is 1.20. The maximum atomic E-state index is 12.6. The van der Waals surface area contributed by atoms with Gasteiger partial charge in [0.1, 0.15) is 5.75 Å². The maximum absolute atomic E-state index is 12.6. The van der Waals surface area contributed by atoms with Gasteiger partial charge in [-0.1, -0.05) is 62.3 Å². The molecule has 1 aliphatic rings. The molecule has 0 aliphatic carbocycles. The first-order chi connectivity index (χ1) is 16.8. The Morgan fingerprint density at radius 2 is 1.77 bits per heavy atom. The highest BCUT2D eigenvalue weighted by Gasteiger charge is 2.26. The molecule has 1 amide bonds. The molecule has 3 aromatic rings. The minimum atomic E-state index is 0.0571. The summed E-state index contributed by atoms with van der Waals surface area (Å²) in [6, 6.07) is 16.3. The average Bonchev–Trinajstić information content (AvgIpc) is 3.33. The molecule has 4 rings (SSSR count). The van der Waals surface area contributed by atoms with Crippen LogP contribution in [0.4, 0.5) is 0 Å². The Kier molecular flexibility index (Phi) is 7.86. The highest BCUT2D eigenvalue weighted by Crippen LogP contribution is 2.25. The molecule has 1 fully saturated rings. The van der Waals surface area contributed by atoms with Gasteiger partial charge < -0.3 is 14.6 Å². The second-order valence-electron chi connectivity index (χ2n) is 10.3. The summed E-state index contributed by atoms with van der Waals surface area (Å²) >= 11 is 0. The number of aromatic nitrogens is 2. The quantitative estimate of drug-likeness (QED) is 0.511. The third-order valence-electron chi connectivity index (χ3n) is 6.67. The molecule has 7 nitrogen and oxygen atoms in total. The SMILES string of the molecule is COc1ccc(CCNC(=O)C2CCN(Cc3nc(-c4ccc(C(C)(C)C)cc4)no3)CC2)cc1. The van der Waals surface area contributed by atoms with Crippen LogP contribution in [-0.4, -0.2) is 47.7 Å². The van der Waals surface area contributed by atoms with E-state index >= 15 is 0 Å². The van der Waals surface area contributed by atoms with Gasteiger partial charge in [-0.2, -0.15) is 4.98 Å². The predicted molar refractivity (Wildman–Crippen MR) is 136 cm³/mol. The number of carbonyl (C=O) groups is 1. The number of hydrogen-bond acceptors (Lipinski definition) is 6. The molecule has 0 radical (unpaired) electrons. The highest BCUT2D eigenvalue weighted by molar-refractivity contribution is 5.78. The molecule has 0 spiro atoms. The number of hydrogen-bond donors (Lipinski definition) is 1. The first kappa shape index (κ1) is 24.9. The van der Waals surface area contributed by atoms with Crippen LogP contribution >= 0.6 is 0 Å². The number of nitrogens with zero attached hydrogens (tertiary/aromatic N) is 3. The van der Waals surface area contributed by atoms with Gasteiger partial charge in [-0.3, -0.25) is 9.69 Å². The van der Waals surface area contributed by atoms with Crippen LogP contribution in [0.25, 0.3) is 11.4 Å². The van der Waals surface area contributed by atoms with Crippen molar-refractivity contribution in [3.05, 3.63) is 65.5 Å². The summed E-state index contributed by atoms with van der Waals surface area (Å²) in [5, 5.41) is 7.27. The number of methoxy groups -OCH3 is 1. The summed E-state index contributed by atoms with van der Waals surface area (Å²) in [4.78, 5) is 19.5. The fourth-order valence-electron chi connectivity index (χ4n) is 4.37. The number of nitrogens with one attached hydrogen (secondary N) is 1. The van der Waals surface area contributed by atoms with Crippen LogP contribution in [0.1, 0.15) is 50.6 Å². The van der Waals surface area contributed by atoms with E-state index in [1.54, 1.807) is 7.11 Å². The van der Waals surface area contributed by atoms with Gasteiger partial charge in [-0.25, -0.2) is 0 Å². The normalized spacial score (nSPS) is 15.2. The van der Waals surface area contributed by atoms with Crippen LogP contribution in [0.2, 0.25) is 0 Å². The fourth-order valence-corrected chi connectivity index (χ4v) is 4.37. The molecule has 2 aromatic carbocycles. The van der Waals surface area contributed by atoms with E-state index in [0.717, 1.165) is 43.7 Å². The van der Waals surface area contributed by atoms with Gasteiger partial charge in [0.25, 0.3) is 0 Å². The number of likely N-dealkylation sites (tertiary alicyclic amines) is 1. The monoisotopic (exact) mass is 476 g/mol. The van der Waals surface area contributed by atoms with Crippen molar-refractivity contribution in [2.24, 2.45) is 5.92 Å². The lowest BCUT2D eigenvalue weighted by molar-refractivity contribution is -0.126. The summed E-state index contributed by atoms with van der Waals surface area (Å²) in [6.45, 7) is 9.53. The van der Waals surface area contributed by atoms with E-state index in [4.69, 9.17) is 9.26 Å². The van der Waals surface area contributed by atoms with E-state index in [2.05, 4.69) is 53.3 Å². The second-order valence-corrected chi connectivity index (χ2v) is 10.3. The van der Waals surface area contributed by atoms with Gasteiger partial charge in [0, 0.05) is 18.0 Å². The number of benzene rings is 2. The van der Waals surface area contributed by atoms with Crippen LogP contribution in [0.15, 0.2) is 53.1 Å². The van der Waals surface area contributed by atoms with Crippen molar-refractivity contribution in [3.63, 3.8) is 0 Å². The van der Waals surface area contributed by atoms with Crippen molar-refractivity contribution in [3.8, 4) is 17.1 Å². The van der Waals surface area contributed by atoms with Gasteiger partial charge in [0.2, 0.25) is 17.6 Å². The molecule has 0 saturated carbocycles. The van der Waals surface area contributed by atoms with Gasteiger partial charge in [-0.15, -0.1) is 0 Å². The van der Waals surface area contributed by atoms with Gasteiger partial charge in [0.05, 0.1) is 13.7 Å². The summed E-state index contributed by atoms with van der Waals surface area (Å²) in [7, 11) is 1.66. The van der Waals surface area contributed by atoms with Crippen LogP contribution in [-0.2, 0) is 23.2 Å². The van der Waals surface area contributed by atoms with Crippen LogP contribution in [0.5, 0.6) is 5.75 Å². The molecule has 35 heavy (non-hydrogen) atoms. The molecular formula is C28H36N4O3. The van der Waals surface area contributed by atoms with Crippen molar-refractivity contribution >= 4 is 5.91 Å². The molecule has 0 bridgehead atoms. The standard InChI is InChI=1S/C28H36N4O3/c1-28(2,3)23-9-7-21(8-10-23)26-30-25(35-31-26)19-32-17-14-22(15-18-32)27(33)29-16-13-20-5-11-24(34-4)12-6-20/h5-12,22H,13-19H2,1-4H3,(H,29,33). The average molecular weight is 477 g/mol. The number of piperidine rings is 1. The Morgan fingerprint density at radius 1 is 1.09 bits per heavy atom. The summed E-state index contributed by atoms with van der Waals surface area (Å²) in [5.74, 6) is 2.28. The van der Waals surface area contributed by atoms with E-state index in [0.29, 0.717) is 24.8 Å². The van der Waals surface area contributed by atoms with Gasteiger partial charge in [-0.05, 0) is 61.0 Å². The Morgan fingerprint density at radius 3 is 2.40 bits per heavy atom. The van der Waals surface area contributed by atoms with Crippen LogP contribution < -0.4 is 10.1 Å². The Hall–Kier alpha value is -3.19. The number of rotatable bonds is 8. The topological polar surface area (TPSA) is 80.5 Å². The number of carbonyl (C=O) groups excluding carboxylic acids is 1. The molecule has 186 valence electrons. The maximum Gasteiger partial charge on any atom is 0.241 e. The smallest absolute Gasteiger partial charge is 0.241 e. The van der Waals surface area contributed by atoms with Crippen molar-refractivity contribution in [2.45, 2.75) is 52.0 Å². The first-order valence-electron chi connectivity index (χ1n) is 12.4. The zero-order chi connectivity index (χ0) is 24.8. The van der Waals surface area contributed by atoms with Gasteiger partial charge in [0.15, 0.2) is 0 Å². The second kappa shape index (κ2) is 11.0. The van der Waals surface area contributed by atoms with Crippen LogP contribution in [0.3, 0.4) is 0 Å². The van der Waals surface area contributed by atoms with Crippen molar-refractivity contribution in [1.29, 1.82) is 0 Å². The van der Waals surface area contributed by atoms with E-state index < -0.39 is 0 Å². The van der Waals surface area contributed by atoms with E-state index in [-0.39, 0.29) is 17.2 Å². The van der Waals surface area contributed by atoms with E-state index in [9.17, 15) is 4.79 Å². The zero-order valence-electron chi connectivity index (χ0n) is 21.2. The number of ether oxygens (including phenoxy) is 1. The molecule has 0 unspecified atom stereocenters. The van der Waals surface area contributed by atoms with Crippen molar-refractivity contribution in [2.75, 3.05) is 26.7 Å². The van der Waals surface area contributed by atoms with E-state index in [1.807, 2.05) is 36.4 Å². The molecular weight excluding hydrogens is 440 g/mol. The molecule has 0 atom stereocenters. The lowest BCUT2D eigenvalue weighted by Gasteiger charge is -2.30. The molecule has 1 aromatic heterocycles. The molecule has 1 saturated heterocycles. The fraction of sp³-hybridized carbons (Fsp3) is 0.464. The summed E-state index contributed by atoms with van der Waals surface area (Å²) in [5.41, 5.74) is 3.53. The largest absolute Gasteiger partial charge is 0.497 e. The van der Waals surface area contributed by atoms with Gasteiger partial charge >= 0.3 is 0 Å². The minimum Gasteiger partial charge on any atom is -0.497 e. The Labute approximate surface area is 207 Å². The van der Waals surface area contributed by atoms with E-state index in [1.165, 1.54) is 11.1 Å². The third-order valence-corrected chi connectivity index (χ3v) is 6.67. The molecule has 2 heterocycles. The van der Waals surface area contributed by atoms with Crippen molar-refractivity contribution < 1.29 is 14.1 Å². The lowest BCUT2D eigenvalue weighted by atomic mass is 9.87. The first-order valence-corrected chi connectivity index (χ1v) is 12.4. The molecule has 1 aliphatic heterocycles. The molecule has 7 heteroatoms. The minimum absolute atomic E-state index is 0.0571. The zero-order valence-corrected chi connectivity index (χ0v) is 21.2.